The molecule has 0 radical (unpaired) electrons. The van der Waals surface area contributed by atoms with Gasteiger partial charge in [-0.05, 0) is 18.2 Å². The first kappa shape index (κ1) is 12.5. The third kappa shape index (κ3) is 2.89. The molecular formula is C12H12N3O4P. The Bertz CT molecular complexity index is 581. The van der Waals surface area contributed by atoms with E-state index >= 15 is 0 Å². The van der Waals surface area contributed by atoms with Crippen LogP contribution in [0.3, 0.4) is 0 Å². The molecule has 3 heterocycles. The van der Waals surface area contributed by atoms with Crippen LogP contribution in [-0.4, -0.2) is 0 Å². The molecule has 0 aliphatic rings. The average molecular weight is 293 g/mol. The van der Waals surface area contributed by atoms with Crippen LogP contribution in [0.5, 0.6) is 0 Å². The zero-order chi connectivity index (χ0) is 13.8. The van der Waals surface area contributed by atoms with E-state index in [4.69, 9.17) is 13.3 Å². The van der Waals surface area contributed by atoms with E-state index in [2.05, 4.69) is 15.3 Å². The highest BCUT2D eigenvalue weighted by atomic mass is 31.2. The topological polar surface area (TPSA) is 92.6 Å². The van der Waals surface area contributed by atoms with Gasteiger partial charge < -0.3 is 13.3 Å². The second-order valence-corrected chi connectivity index (χ2v) is 5.77. The highest BCUT2D eigenvalue weighted by Gasteiger charge is 2.25. The van der Waals surface area contributed by atoms with Gasteiger partial charge in [-0.15, -0.1) is 0 Å². The maximum absolute atomic E-state index is 12.9. The lowest BCUT2D eigenvalue weighted by atomic mass is 10.6. The van der Waals surface area contributed by atoms with Crippen molar-refractivity contribution in [2.45, 2.75) is 0 Å². The number of hydrogen-bond donors (Lipinski definition) is 3. The molecule has 0 unspecified atom stereocenters. The van der Waals surface area contributed by atoms with Crippen LogP contribution in [0.1, 0.15) is 0 Å². The van der Waals surface area contributed by atoms with Crippen LogP contribution < -0.4 is 15.3 Å². The van der Waals surface area contributed by atoms with E-state index in [9.17, 15) is 4.57 Å². The van der Waals surface area contributed by atoms with Crippen molar-refractivity contribution in [1.82, 2.24) is 0 Å². The van der Waals surface area contributed by atoms with Crippen LogP contribution in [-0.2, 0) is 4.57 Å². The summed E-state index contributed by atoms with van der Waals surface area (Å²) in [7, 11) is -3.32. The number of furan rings is 3. The second-order valence-electron chi connectivity index (χ2n) is 3.88. The summed E-state index contributed by atoms with van der Waals surface area (Å²) in [5.41, 5.74) is 0. The zero-order valence-corrected chi connectivity index (χ0v) is 11.2. The lowest BCUT2D eigenvalue weighted by Gasteiger charge is -2.19. The van der Waals surface area contributed by atoms with Crippen LogP contribution in [0.25, 0.3) is 0 Å². The minimum atomic E-state index is -3.32. The van der Waals surface area contributed by atoms with Crippen molar-refractivity contribution in [2.24, 2.45) is 0 Å². The van der Waals surface area contributed by atoms with Crippen LogP contribution >= 0.6 is 7.59 Å². The molecule has 3 aromatic rings. The van der Waals surface area contributed by atoms with Gasteiger partial charge in [-0.2, -0.15) is 0 Å². The molecule has 0 saturated heterocycles. The van der Waals surface area contributed by atoms with Crippen molar-refractivity contribution in [3.63, 3.8) is 0 Å². The molecule has 0 bridgehead atoms. The van der Waals surface area contributed by atoms with Gasteiger partial charge in [-0.1, -0.05) is 0 Å². The molecule has 7 nitrogen and oxygen atoms in total. The number of nitrogens with one attached hydrogen (secondary N) is 3. The highest BCUT2D eigenvalue weighted by Crippen LogP contribution is 2.45. The predicted molar refractivity (Wildman–Crippen MR) is 74.6 cm³/mol. The fourth-order valence-electron chi connectivity index (χ4n) is 1.58. The van der Waals surface area contributed by atoms with E-state index in [1.54, 1.807) is 36.4 Å². The van der Waals surface area contributed by atoms with Crippen molar-refractivity contribution < 1.29 is 17.8 Å². The summed E-state index contributed by atoms with van der Waals surface area (Å²) in [5, 5.41) is 8.28. The Balaban J connectivity index is 1.83. The lowest BCUT2D eigenvalue weighted by molar-refractivity contribution is 0.560. The lowest BCUT2D eigenvalue weighted by Crippen LogP contribution is -2.13. The molecule has 0 atom stereocenters. The maximum atomic E-state index is 12.9. The van der Waals surface area contributed by atoms with Crippen molar-refractivity contribution >= 4 is 25.2 Å². The van der Waals surface area contributed by atoms with Crippen LogP contribution in [0.15, 0.2) is 68.4 Å². The Morgan fingerprint density at radius 2 is 1.05 bits per heavy atom. The van der Waals surface area contributed by atoms with Crippen LogP contribution in [0.4, 0.5) is 17.7 Å². The minimum Gasteiger partial charge on any atom is -0.449 e. The summed E-state index contributed by atoms with van der Waals surface area (Å²) in [4.78, 5) is 0. The zero-order valence-electron chi connectivity index (χ0n) is 10.3. The Hall–Kier alpha value is -2.53. The fraction of sp³-hybridized carbons (Fsp3) is 0. The summed E-state index contributed by atoms with van der Waals surface area (Å²) >= 11 is 0. The molecule has 0 aliphatic heterocycles. The van der Waals surface area contributed by atoms with Gasteiger partial charge >= 0.3 is 7.59 Å². The van der Waals surface area contributed by atoms with E-state index in [-0.39, 0.29) is 0 Å². The number of rotatable bonds is 6. The van der Waals surface area contributed by atoms with E-state index in [1.807, 2.05) is 0 Å². The molecule has 0 amide bonds. The maximum Gasteiger partial charge on any atom is 0.359 e. The van der Waals surface area contributed by atoms with E-state index < -0.39 is 7.59 Å². The Morgan fingerprint density at radius 1 is 0.700 bits per heavy atom. The summed E-state index contributed by atoms with van der Waals surface area (Å²) in [5.74, 6) is 1.06. The molecule has 3 rings (SSSR count). The molecule has 0 saturated carbocycles. The van der Waals surface area contributed by atoms with E-state index in [0.717, 1.165) is 0 Å². The molecule has 0 spiro atoms. The number of hydrogen-bond acceptors (Lipinski definition) is 4. The van der Waals surface area contributed by atoms with Gasteiger partial charge in [0.25, 0.3) is 0 Å². The Labute approximate surface area is 114 Å². The van der Waals surface area contributed by atoms with Gasteiger partial charge in [-0.3, -0.25) is 19.8 Å². The van der Waals surface area contributed by atoms with Crippen LogP contribution in [0, 0.1) is 0 Å². The summed E-state index contributed by atoms with van der Waals surface area (Å²) in [6, 6.07) is 10.0. The molecular weight excluding hydrogens is 281 g/mol. The molecule has 3 aromatic heterocycles. The molecule has 20 heavy (non-hydrogen) atoms. The largest absolute Gasteiger partial charge is 0.449 e. The van der Waals surface area contributed by atoms with E-state index in [0.29, 0.717) is 17.7 Å². The second kappa shape index (κ2) is 5.22. The Kier molecular flexibility index (Phi) is 3.26. The summed E-state index contributed by atoms with van der Waals surface area (Å²) < 4.78 is 28.3. The van der Waals surface area contributed by atoms with E-state index in [1.165, 1.54) is 18.8 Å². The monoisotopic (exact) mass is 293 g/mol. The smallest absolute Gasteiger partial charge is 0.359 e. The molecule has 0 fully saturated rings. The third-order valence-corrected chi connectivity index (χ3v) is 3.97. The highest BCUT2D eigenvalue weighted by molar-refractivity contribution is 7.68. The Morgan fingerprint density at radius 3 is 1.30 bits per heavy atom. The minimum absolute atomic E-state index is 0.353. The fourth-order valence-corrected chi connectivity index (χ4v) is 3.06. The third-order valence-electron chi connectivity index (χ3n) is 2.37. The summed E-state index contributed by atoms with van der Waals surface area (Å²) in [6.45, 7) is 0. The molecule has 0 aromatic carbocycles. The van der Waals surface area contributed by atoms with Gasteiger partial charge in [0.1, 0.15) is 0 Å². The van der Waals surface area contributed by atoms with Crippen LogP contribution in [0.2, 0.25) is 0 Å². The van der Waals surface area contributed by atoms with Gasteiger partial charge in [0.2, 0.25) is 17.7 Å². The molecule has 3 N–H and O–H groups in total. The van der Waals surface area contributed by atoms with Crippen molar-refractivity contribution in [3.8, 4) is 0 Å². The first-order valence-electron chi connectivity index (χ1n) is 5.79. The molecule has 0 aliphatic carbocycles. The quantitative estimate of drug-likeness (QED) is 0.586. The van der Waals surface area contributed by atoms with Gasteiger partial charge in [0.05, 0.1) is 18.8 Å². The normalized spacial score (nSPS) is 11.2. The van der Waals surface area contributed by atoms with Gasteiger partial charge in [-0.25, -0.2) is 0 Å². The number of anilines is 3. The standard InChI is InChI=1S/C12H12N3O4P/c16-20(13-10-4-1-7-17-10,14-11-5-2-8-18-11)15-12-6-3-9-19-12/h1-9H,(H3,13,14,15,16). The van der Waals surface area contributed by atoms with Crippen molar-refractivity contribution in [2.75, 3.05) is 15.3 Å². The molecule has 8 heteroatoms. The van der Waals surface area contributed by atoms with Crippen molar-refractivity contribution in [3.05, 3.63) is 55.2 Å². The van der Waals surface area contributed by atoms with Crippen molar-refractivity contribution in [1.29, 1.82) is 0 Å². The predicted octanol–water partition coefficient (Wildman–Crippen LogP) is 4.21. The SMILES string of the molecule is O=P(Nc1ccco1)(Nc1ccco1)Nc1ccco1. The van der Waals surface area contributed by atoms with Gasteiger partial charge in [0.15, 0.2) is 0 Å². The molecule has 104 valence electrons. The average Bonchev–Trinajstić information content (AvgIpc) is 3.11. The van der Waals surface area contributed by atoms with Gasteiger partial charge in [0, 0.05) is 18.2 Å². The summed E-state index contributed by atoms with van der Waals surface area (Å²) in [6.07, 6.45) is 4.44. The first-order valence-corrected chi connectivity index (χ1v) is 7.50. The first-order chi connectivity index (χ1) is 9.73.